The first-order chi connectivity index (χ1) is 70.0. The maximum absolute atomic E-state index is 19.8. The molecule has 12 aromatic carbocycles. The number of carbonyl (C=O) groups is 8. The Bertz CT molecular complexity index is 7470. The van der Waals surface area contributed by atoms with Crippen LogP contribution in [0.5, 0.6) is 92.0 Å². The molecule has 736 valence electrons. The molecule has 146 heavy (non-hydrogen) atoms. The van der Waals surface area contributed by atoms with E-state index >= 15 is 35.1 Å². The van der Waals surface area contributed by atoms with E-state index in [1.807, 2.05) is 0 Å². The standard InChI is InChI=1S/C105H75F8N8O24.Zn/c1-10-130-98(122)50-18-34-58(35-19-50)138-82-74(106)66-67(75(107)83(82)139-59-36-20-51(21-37-59)99(123)131-11-2)91-114-90(66)115-92-68-70(78(110)86(142-62-42-26-54(27-43-62)102(126)134-14-5)84(76(68)108)140-60-38-22-52(23-39-60)100(124)132-12-3)94(117-92)119-96-72-73(81(113)89(145-65-48-32-57(33-49-65)105(129)137-17-8)88(80(72)112)144-64-46-30-56(31-47-64)104(128)136-16-7)97(121(96)9)120-95-71-69(93(116-91)118-95)77(109)85(141-61-40-24-53(25-41-61)101(125)133-13-4)87(79(71)111)143-63-44-28-55(29-45-63)103(127)135-15-6;/h18-49H,10-17H2,1-9H3;/q-1;+2. The number of hydrogen-bond acceptors (Lipinski definition) is 29. The minimum Gasteiger partial charge on any atom is -0.462 e. The Morgan fingerprint density at radius 3 is 0.541 bits per heavy atom. The van der Waals surface area contributed by atoms with Crippen molar-refractivity contribution in [2.45, 2.75) is 55.4 Å². The summed E-state index contributed by atoms with van der Waals surface area (Å²) < 4.78 is 250. The Kier molecular flexibility index (Phi) is 30.0. The topological polar surface area (TPSA) is 381 Å². The van der Waals surface area contributed by atoms with E-state index in [1.54, 1.807) is 55.4 Å². The fourth-order valence-corrected chi connectivity index (χ4v) is 15.1. The van der Waals surface area contributed by atoms with Crippen LogP contribution in [0.25, 0.3) is 89.7 Å². The van der Waals surface area contributed by atoms with E-state index in [0.29, 0.717) is 0 Å². The third kappa shape index (κ3) is 20.0. The molecule has 32 nitrogen and oxygen atoms in total. The minimum absolute atomic E-state index is 0. The van der Waals surface area contributed by atoms with Crippen LogP contribution in [0, 0.1) is 46.5 Å². The number of aromatic nitrogens is 8. The van der Waals surface area contributed by atoms with Crippen LogP contribution in [0.3, 0.4) is 0 Å². The molecular formula is C105H75F8N8O24Zn+. The molecule has 8 bridgehead atoms. The van der Waals surface area contributed by atoms with E-state index < -0.39 is 230 Å². The zero-order valence-electron chi connectivity index (χ0n) is 78.2. The van der Waals surface area contributed by atoms with Gasteiger partial charge in [0.05, 0.1) is 138 Å². The Balaban J connectivity index is 0.0000152. The van der Waals surface area contributed by atoms with Gasteiger partial charge in [-0.05, 0) is 250 Å². The molecule has 0 fully saturated rings. The van der Waals surface area contributed by atoms with Gasteiger partial charge in [0.15, 0.2) is 52.2 Å². The normalized spacial score (nSPS) is 11.2. The zero-order valence-corrected chi connectivity index (χ0v) is 81.2. The summed E-state index contributed by atoms with van der Waals surface area (Å²) in [5.74, 6) is -37.4. The van der Waals surface area contributed by atoms with Crippen molar-refractivity contribution < 1.29 is 173 Å². The molecule has 15 aromatic rings. The van der Waals surface area contributed by atoms with Gasteiger partial charge in [-0.15, -0.1) is 0 Å². The maximum Gasteiger partial charge on any atom is 2.00 e. The van der Waals surface area contributed by atoms with E-state index in [1.165, 1.54) is 97.1 Å². The molecule has 2 aliphatic heterocycles. The van der Waals surface area contributed by atoms with Crippen molar-refractivity contribution in [2.75, 3.05) is 52.9 Å². The van der Waals surface area contributed by atoms with Gasteiger partial charge in [0, 0.05) is 33.1 Å². The number of carbonyl (C=O) groups excluding carboxylic acids is 8. The average Bonchev–Trinajstić information content (AvgIpc) is 1.55. The smallest absolute Gasteiger partial charge is 0.462 e. The molecule has 0 atom stereocenters. The number of ether oxygens (including phenoxy) is 16. The van der Waals surface area contributed by atoms with Crippen molar-refractivity contribution in [1.29, 1.82) is 0 Å². The molecule has 0 spiro atoms. The maximum atomic E-state index is 19.8. The van der Waals surface area contributed by atoms with Crippen LogP contribution in [0.2, 0.25) is 0 Å². The van der Waals surface area contributed by atoms with Gasteiger partial charge < -0.3 is 101 Å². The second-order valence-electron chi connectivity index (χ2n) is 30.9. The molecule has 0 amide bonds. The number of nitrogens with zero attached hydrogens (tertiary/aromatic N) is 8. The number of fused-ring (bicyclic) bond motifs is 20. The largest absolute Gasteiger partial charge is 2.00 e. The first-order valence-corrected chi connectivity index (χ1v) is 44.6. The Labute approximate surface area is 833 Å². The fraction of sp³-hybridized carbons (Fsp3) is 0.162. The Hall–Kier alpha value is -17.8. The van der Waals surface area contributed by atoms with Crippen molar-refractivity contribution in [2.24, 2.45) is 7.05 Å². The fourth-order valence-electron chi connectivity index (χ4n) is 15.1. The molecule has 0 N–H and O–H groups in total. The van der Waals surface area contributed by atoms with Gasteiger partial charge in [-0.2, -0.15) is 0 Å². The predicted octanol–water partition coefficient (Wildman–Crippen LogP) is 22.4. The van der Waals surface area contributed by atoms with Crippen molar-refractivity contribution in [1.82, 2.24) is 34.9 Å². The third-order valence-corrected chi connectivity index (χ3v) is 21.8. The first kappa shape index (κ1) is 101. The molecular weight excluding hydrogens is 1970 g/mol. The molecule has 0 saturated carbocycles. The quantitative estimate of drug-likeness (QED) is 0.0124. The summed E-state index contributed by atoms with van der Waals surface area (Å²) in [6, 6.07) is 37.4. The van der Waals surface area contributed by atoms with E-state index in [0.717, 1.165) is 109 Å². The molecule has 5 heterocycles. The average molecular weight is 2050 g/mol. The number of esters is 8. The van der Waals surface area contributed by atoms with Crippen molar-refractivity contribution in [3.63, 3.8) is 0 Å². The molecule has 0 unspecified atom stereocenters. The third-order valence-electron chi connectivity index (χ3n) is 21.8. The number of halogens is 8. The van der Waals surface area contributed by atoms with Crippen LogP contribution in [-0.2, 0) is 64.4 Å². The van der Waals surface area contributed by atoms with E-state index in [2.05, 4.69) is 24.9 Å². The molecule has 3 aromatic heterocycles. The molecule has 17 rings (SSSR count). The minimum atomic E-state index is -1.75. The van der Waals surface area contributed by atoms with E-state index in [-0.39, 0.29) is 163 Å². The Morgan fingerprint density at radius 1 is 0.226 bits per heavy atom. The van der Waals surface area contributed by atoms with Crippen LogP contribution in [0.15, 0.2) is 194 Å². The van der Waals surface area contributed by atoms with Gasteiger partial charge in [-0.3, -0.25) is 4.57 Å². The monoisotopic (exact) mass is 2050 g/mol. The van der Waals surface area contributed by atoms with Gasteiger partial charge in [0.2, 0.25) is 46.0 Å². The number of rotatable bonds is 32. The summed E-state index contributed by atoms with van der Waals surface area (Å²) in [5.41, 5.74) is -9.67. The number of benzene rings is 12. The van der Waals surface area contributed by atoms with Gasteiger partial charge in [-0.25, -0.2) is 78.5 Å². The molecule has 0 saturated heterocycles. The van der Waals surface area contributed by atoms with Gasteiger partial charge >= 0.3 is 67.2 Å². The van der Waals surface area contributed by atoms with Crippen LogP contribution >= 0.6 is 0 Å². The summed E-state index contributed by atoms with van der Waals surface area (Å²) in [6.07, 6.45) is 0. The van der Waals surface area contributed by atoms with Crippen LogP contribution in [0.4, 0.5) is 35.1 Å². The second kappa shape index (κ2) is 43.4. The Morgan fingerprint density at radius 2 is 0.377 bits per heavy atom. The molecule has 0 aliphatic carbocycles. The summed E-state index contributed by atoms with van der Waals surface area (Å²) in [6.45, 7) is 11.8. The van der Waals surface area contributed by atoms with Crippen molar-refractivity contribution in [3.05, 3.63) is 285 Å². The van der Waals surface area contributed by atoms with Crippen LogP contribution in [0.1, 0.15) is 138 Å². The van der Waals surface area contributed by atoms with Crippen LogP contribution in [-0.4, -0.2) is 126 Å². The summed E-state index contributed by atoms with van der Waals surface area (Å²) in [4.78, 5) is 138. The zero-order chi connectivity index (χ0) is 102. The SMILES string of the molecule is CCOC(=O)c1ccc(Oc2c(F)c3c(c(F)c2Oc2ccc(C(=O)OCC)cc2)-c2nc-3nc3[n-]c(nc4[n+](C)c(nc5[n-]c(n2)c2c(F)c(Oc6ccc(C(=O)OCC)cc6)c(Oc6ccc(C(=O)OCC)cc6)c(F)c52)-c2c(F)c(Oc5ccc(C(=O)OCC)cc5)c(Oc5ccc(C(=O)OCC)cc5)c(F)c2-4)c2c(F)c(Oc4ccc(C(=O)OCC)cc4)c(Oc4ccc(C(=O)OCC)cc4)c(F)c32)cc1.[Zn+2]. The van der Waals surface area contributed by atoms with E-state index in [4.69, 9.17) is 85.8 Å². The summed E-state index contributed by atoms with van der Waals surface area (Å²) in [7, 11) is 1.03. The van der Waals surface area contributed by atoms with E-state index in [9.17, 15) is 38.4 Å². The molecule has 2 aliphatic rings. The molecule has 0 radical (unpaired) electrons. The summed E-state index contributed by atoms with van der Waals surface area (Å²) in [5, 5.41) is -4.65. The first-order valence-electron chi connectivity index (χ1n) is 44.6. The van der Waals surface area contributed by atoms with Crippen LogP contribution < -0.4 is 52.4 Å². The van der Waals surface area contributed by atoms with Crippen molar-refractivity contribution in [3.8, 4) is 138 Å². The van der Waals surface area contributed by atoms with Gasteiger partial charge in [-0.1, -0.05) is 4.98 Å². The molecule has 41 heteroatoms. The van der Waals surface area contributed by atoms with Crippen molar-refractivity contribution >= 4 is 91.9 Å². The van der Waals surface area contributed by atoms with Gasteiger partial charge in [0.25, 0.3) is 5.82 Å². The van der Waals surface area contributed by atoms with Gasteiger partial charge in [0.1, 0.15) is 57.4 Å². The predicted molar refractivity (Wildman–Crippen MR) is 497 cm³/mol. The summed E-state index contributed by atoms with van der Waals surface area (Å²) >= 11 is 0. The number of hydrogen-bond donors (Lipinski definition) is 0. The second-order valence-corrected chi connectivity index (χ2v) is 30.9.